The number of rotatable bonds is 12. The molecule has 0 rings (SSSR count). The van der Waals surface area contributed by atoms with Crippen LogP contribution < -0.4 is 0 Å². The first-order valence-electron chi connectivity index (χ1n) is 7.43. The molecule has 108 valence electrons. The van der Waals surface area contributed by atoms with Crippen molar-refractivity contribution >= 4 is 5.97 Å². The van der Waals surface area contributed by atoms with Gasteiger partial charge in [-0.05, 0) is 12.3 Å². The molecule has 1 N–H and O–H groups in total. The number of carbonyl (C=O) groups excluding carboxylic acids is 1. The van der Waals surface area contributed by atoms with Gasteiger partial charge in [-0.1, -0.05) is 65.2 Å². The summed E-state index contributed by atoms with van der Waals surface area (Å²) in [5.41, 5.74) is 0. The third kappa shape index (κ3) is 13.5. The number of ether oxygens (including phenoxy) is 1. The Morgan fingerprint density at radius 2 is 1.44 bits per heavy atom. The van der Waals surface area contributed by atoms with Crippen molar-refractivity contribution in [3.8, 4) is 0 Å². The van der Waals surface area contributed by atoms with Crippen LogP contribution in [0.25, 0.3) is 0 Å². The molecule has 0 aliphatic rings. The van der Waals surface area contributed by atoms with Gasteiger partial charge in [0, 0.05) is 0 Å². The SMILES string of the molecule is CC(C)CCCCCCCCCCOC(=O)CO. The van der Waals surface area contributed by atoms with Gasteiger partial charge in [-0.2, -0.15) is 0 Å². The number of hydrogen-bond acceptors (Lipinski definition) is 3. The van der Waals surface area contributed by atoms with E-state index in [0.717, 1.165) is 18.8 Å². The van der Waals surface area contributed by atoms with E-state index in [4.69, 9.17) is 9.84 Å². The normalized spacial score (nSPS) is 10.9. The summed E-state index contributed by atoms with van der Waals surface area (Å²) in [6.07, 6.45) is 11.3. The van der Waals surface area contributed by atoms with Crippen LogP contribution in [0, 0.1) is 5.92 Å². The molecule has 0 aromatic carbocycles. The van der Waals surface area contributed by atoms with Crippen LogP contribution >= 0.6 is 0 Å². The quantitative estimate of drug-likeness (QED) is 0.429. The minimum Gasteiger partial charge on any atom is -0.464 e. The van der Waals surface area contributed by atoms with Gasteiger partial charge in [0.05, 0.1) is 6.61 Å². The van der Waals surface area contributed by atoms with E-state index in [1.807, 2.05) is 0 Å². The molecule has 0 saturated carbocycles. The highest BCUT2D eigenvalue weighted by molar-refractivity contribution is 5.70. The average Bonchev–Trinajstić information content (AvgIpc) is 2.35. The standard InChI is InChI=1S/C15H30O3/c1-14(2)11-9-7-5-3-4-6-8-10-12-18-15(17)13-16/h14,16H,3-13H2,1-2H3. The molecule has 0 unspecified atom stereocenters. The molecule has 0 aromatic rings. The van der Waals surface area contributed by atoms with Crippen LogP contribution in [0.5, 0.6) is 0 Å². The summed E-state index contributed by atoms with van der Waals surface area (Å²) in [7, 11) is 0. The first kappa shape index (κ1) is 17.4. The highest BCUT2D eigenvalue weighted by Crippen LogP contribution is 2.12. The van der Waals surface area contributed by atoms with E-state index >= 15 is 0 Å². The zero-order valence-electron chi connectivity index (χ0n) is 12.1. The number of unbranched alkanes of at least 4 members (excludes halogenated alkanes) is 7. The van der Waals surface area contributed by atoms with Gasteiger partial charge in [-0.15, -0.1) is 0 Å². The summed E-state index contributed by atoms with van der Waals surface area (Å²) in [5.74, 6) is 0.326. The lowest BCUT2D eigenvalue weighted by Gasteiger charge is -2.05. The number of hydrogen-bond donors (Lipinski definition) is 1. The Bertz CT molecular complexity index is 190. The molecule has 3 heteroatoms. The van der Waals surface area contributed by atoms with Crippen molar-refractivity contribution in [2.45, 2.75) is 71.6 Å². The second kappa shape index (κ2) is 12.9. The van der Waals surface area contributed by atoms with Crippen LogP contribution in [0.3, 0.4) is 0 Å². The third-order valence-electron chi connectivity index (χ3n) is 3.07. The van der Waals surface area contributed by atoms with Gasteiger partial charge in [-0.25, -0.2) is 4.79 Å². The first-order chi connectivity index (χ1) is 8.66. The summed E-state index contributed by atoms with van der Waals surface area (Å²) in [4.78, 5) is 10.6. The Kier molecular flexibility index (Phi) is 12.5. The predicted molar refractivity (Wildman–Crippen MR) is 74.4 cm³/mol. The van der Waals surface area contributed by atoms with E-state index in [1.165, 1.54) is 44.9 Å². The monoisotopic (exact) mass is 258 g/mol. The van der Waals surface area contributed by atoms with Crippen LogP contribution in [0.15, 0.2) is 0 Å². The van der Waals surface area contributed by atoms with Crippen molar-refractivity contribution < 1.29 is 14.6 Å². The van der Waals surface area contributed by atoms with Gasteiger partial charge in [0.15, 0.2) is 0 Å². The van der Waals surface area contributed by atoms with Crippen LogP contribution in [-0.2, 0) is 9.53 Å². The minimum atomic E-state index is -0.514. The van der Waals surface area contributed by atoms with Crippen molar-refractivity contribution in [1.82, 2.24) is 0 Å². The van der Waals surface area contributed by atoms with Crippen LogP contribution in [0.1, 0.15) is 71.6 Å². The lowest BCUT2D eigenvalue weighted by Crippen LogP contribution is -2.09. The first-order valence-corrected chi connectivity index (χ1v) is 7.43. The van der Waals surface area contributed by atoms with E-state index in [0.29, 0.717) is 6.61 Å². The molecule has 0 spiro atoms. The maximum absolute atomic E-state index is 10.6. The molecule has 3 nitrogen and oxygen atoms in total. The number of aliphatic hydroxyl groups excluding tert-OH is 1. The van der Waals surface area contributed by atoms with Crippen LogP contribution in [0.2, 0.25) is 0 Å². The van der Waals surface area contributed by atoms with Gasteiger partial charge in [0.1, 0.15) is 6.61 Å². The fourth-order valence-electron chi connectivity index (χ4n) is 1.95. The summed E-state index contributed by atoms with van der Waals surface area (Å²) in [5, 5.41) is 8.44. The number of aliphatic hydroxyl groups is 1. The zero-order chi connectivity index (χ0) is 13.6. The predicted octanol–water partition coefficient (Wildman–Crippen LogP) is 3.69. The molecule has 0 aromatic heterocycles. The van der Waals surface area contributed by atoms with Gasteiger partial charge >= 0.3 is 5.97 Å². The van der Waals surface area contributed by atoms with Crippen LogP contribution in [-0.4, -0.2) is 24.3 Å². The highest BCUT2D eigenvalue weighted by atomic mass is 16.5. The van der Waals surface area contributed by atoms with Crippen molar-refractivity contribution in [3.05, 3.63) is 0 Å². The molecular weight excluding hydrogens is 228 g/mol. The van der Waals surface area contributed by atoms with E-state index < -0.39 is 12.6 Å². The van der Waals surface area contributed by atoms with Gasteiger partial charge < -0.3 is 9.84 Å². The molecule has 0 fully saturated rings. The van der Waals surface area contributed by atoms with E-state index in [2.05, 4.69) is 13.8 Å². The van der Waals surface area contributed by atoms with Crippen molar-refractivity contribution in [1.29, 1.82) is 0 Å². The molecular formula is C15H30O3. The zero-order valence-corrected chi connectivity index (χ0v) is 12.1. The molecule has 0 atom stereocenters. The Hall–Kier alpha value is -0.570. The van der Waals surface area contributed by atoms with E-state index in [1.54, 1.807) is 0 Å². The number of carbonyl (C=O) groups is 1. The molecule has 0 amide bonds. The van der Waals surface area contributed by atoms with E-state index in [9.17, 15) is 4.79 Å². The Balaban J connectivity index is 3.01. The maximum Gasteiger partial charge on any atom is 0.331 e. The second-order valence-electron chi connectivity index (χ2n) is 5.39. The third-order valence-corrected chi connectivity index (χ3v) is 3.07. The van der Waals surface area contributed by atoms with Gasteiger partial charge in [0.25, 0.3) is 0 Å². The fourth-order valence-corrected chi connectivity index (χ4v) is 1.95. The molecule has 0 aliphatic heterocycles. The highest BCUT2D eigenvalue weighted by Gasteiger charge is 1.98. The van der Waals surface area contributed by atoms with Crippen molar-refractivity contribution in [3.63, 3.8) is 0 Å². The summed E-state index contributed by atoms with van der Waals surface area (Å²) in [6.45, 7) is 4.51. The summed E-state index contributed by atoms with van der Waals surface area (Å²) < 4.78 is 4.78. The molecule has 0 saturated heterocycles. The van der Waals surface area contributed by atoms with Crippen molar-refractivity contribution in [2.24, 2.45) is 5.92 Å². The van der Waals surface area contributed by atoms with Gasteiger partial charge in [0.2, 0.25) is 0 Å². The van der Waals surface area contributed by atoms with E-state index in [-0.39, 0.29) is 0 Å². The molecule has 0 bridgehead atoms. The lowest BCUT2D eigenvalue weighted by molar-refractivity contribution is -0.147. The summed E-state index contributed by atoms with van der Waals surface area (Å²) >= 11 is 0. The Morgan fingerprint density at radius 1 is 0.944 bits per heavy atom. The number of esters is 1. The second-order valence-corrected chi connectivity index (χ2v) is 5.39. The maximum atomic E-state index is 10.6. The Morgan fingerprint density at radius 3 is 1.94 bits per heavy atom. The average molecular weight is 258 g/mol. The molecule has 18 heavy (non-hydrogen) atoms. The summed E-state index contributed by atoms with van der Waals surface area (Å²) in [6, 6.07) is 0. The Labute approximate surface area is 112 Å². The topological polar surface area (TPSA) is 46.5 Å². The fraction of sp³-hybridized carbons (Fsp3) is 0.933. The van der Waals surface area contributed by atoms with Crippen LogP contribution in [0.4, 0.5) is 0 Å². The van der Waals surface area contributed by atoms with Gasteiger partial charge in [-0.3, -0.25) is 0 Å². The molecule has 0 aliphatic carbocycles. The smallest absolute Gasteiger partial charge is 0.331 e. The largest absolute Gasteiger partial charge is 0.464 e. The van der Waals surface area contributed by atoms with Crippen molar-refractivity contribution in [2.75, 3.05) is 13.2 Å². The molecule has 0 radical (unpaired) electrons. The lowest BCUT2D eigenvalue weighted by atomic mass is 10.0. The minimum absolute atomic E-state index is 0.452. The molecule has 0 heterocycles.